The summed E-state index contributed by atoms with van der Waals surface area (Å²) in [6.45, 7) is 9.23. The summed E-state index contributed by atoms with van der Waals surface area (Å²) in [4.78, 5) is 28.1. The number of nitrogens with one attached hydrogen (secondary N) is 1. The molecule has 126 valence electrons. The van der Waals surface area contributed by atoms with Crippen LogP contribution in [0.5, 0.6) is 0 Å². The molecule has 1 fully saturated rings. The van der Waals surface area contributed by atoms with Crippen LogP contribution in [-0.4, -0.2) is 54.3 Å². The molecule has 0 aliphatic carbocycles. The predicted octanol–water partition coefficient (Wildman–Crippen LogP) is 1.99. The largest absolute Gasteiger partial charge is 0.340 e. The standard InChI is InChI=1S/C18H27N3O2/c1-4-15-6-5-7-16(12-15)19-17(22)13-20-8-10-21(11-9-20)18(23)14(2)3/h5-7,12,14H,4,8-11,13H2,1-3H3,(H,19,22). The number of anilines is 1. The van der Waals surface area contributed by atoms with Crippen LogP contribution in [0.25, 0.3) is 0 Å². The van der Waals surface area contributed by atoms with Crippen molar-refractivity contribution in [1.82, 2.24) is 9.80 Å². The second kappa shape index (κ2) is 8.11. The fraction of sp³-hybridized carbons (Fsp3) is 0.556. The van der Waals surface area contributed by atoms with Gasteiger partial charge in [-0.15, -0.1) is 0 Å². The number of rotatable bonds is 5. The quantitative estimate of drug-likeness (QED) is 0.903. The summed E-state index contributed by atoms with van der Waals surface area (Å²) in [6, 6.07) is 7.94. The Morgan fingerprint density at radius 1 is 1.17 bits per heavy atom. The van der Waals surface area contributed by atoms with Gasteiger partial charge in [-0.2, -0.15) is 0 Å². The number of aryl methyl sites for hydroxylation is 1. The highest BCUT2D eigenvalue weighted by Gasteiger charge is 2.23. The second-order valence-corrected chi connectivity index (χ2v) is 6.36. The van der Waals surface area contributed by atoms with Crippen LogP contribution in [0, 0.1) is 5.92 Å². The van der Waals surface area contributed by atoms with Gasteiger partial charge in [0, 0.05) is 37.8 Å². The van der Waals surface area contributed by atoms with E-state index in [-0.39, 0.29) is 17.7 Å². The fourth-order valence-electron chi connectivity index (χ4n) is 2.76. The van der Waals surface area contributed by atoms with Crippen LogP contribution in [0.2, 0.25) is 0 Å². The van der Waals surface area contributed by atoms with Crippen molar-refractivity contribution >= 4 is 17.5 Å². The minimum absolute atomic E-state index is 0.00175. The first kappa shape index (κ1) is 17.5. The van der Waals surface area contributed by atoms with E-state index in [4.69, 9.17) is 0 Å². The molecule has 23 heavy (non-hydrogen) atoms. The first-order valence-electron chi connectivity index (χ1n) is 8.39. The van der Waals surface area contributed by atoms with E-state index < -0.39 is 0 Å². The van der Waals surface area contributed by atoms with E-state index in [1.54, 1.807) is 0 Å². The Morgan fingerprint density at radius 3 is 2.48 bits per heavy atom. The predicted molar refractivity (Wildman–Crippen MR) is 92.3 cm³/mol. The van der Waals surface area contributed by atoms with Gasteiger partial charge in [-0.1, -0.05) is 32.9 Å². The maximum Gasteiger partial charge on any atom is 0.238 e. The summed E-state index contributed by atoms with van der Waals surface area (Å²) in [7, 11) is 0. The lowest BCUT2D eigenvalue weighted by molar-refractivity contribution is -0.136. The molecule has 1 aliphatic heterocycles. The number of hydrogen-bond acceptors (Lipinski definition) is 3. The molecule has 0 saturated carbocycles. The summed E-state index contributed by atoms with van der Waals surface area (Å²) < 4.78 is 0. The molecule has 0 spiro atoms. The highest BCUT2D eigenvalue weighted by molar-refractivity contribution is 5.92. The Morgan fingerprint density at radius 2 is 1.87 bits per heavy atom. The Bertz CT molecular complexity index is 549. The fourth-order valence-corrected chi connectivity index (χ4v) is 2.76. The molecule has 5 nitrogen and oxygen atoms in total. The number of benzene rings is 1. The van der Waals surface area contributed by atoms with E-state index in [1.807, 2.05) is 36.9 Å². The summed E-state index contributed by atoms with van der Waals surface area (Å²) >= 11 is 0. The second-order valence-electron chi connectivity index (χ2n) is 6.36. The molecule has 1 aliphatic rings. The SMILES string of the molecule is CCc1cccc(NC(=O)CN2CCN(C(=O)C(C)C)CC2)c1. The van der Waals surface area contributed by atoms with Crippen LogP contribution in [0.15, 0.2) is 24.3 Å². The molecule has 2 rings (SSSR count). The zero-order valence-corrected chi connectivity index (χ0v) is 14.3. The van der Waals surface area contributed by atoms with Crippen LogP contribution < -0.4 is 5.32 Å². The number of hydrogen-bond donors (Lipinski definition) is 1. The first-order chi connectivity index (χ1) is 11.0. The number of carbonyl (C=O) groups excluding carboxylic acids is 2. The number of amides is 2. The molecule has 1 heterocycles. The van der Waals surface area contributed by atoms with Crippen molar-refractivity contribution in [2.45, 2.75) is 27.2 Å². The molecule has 0 aromatic heterocycles. The molecular weight excluding hydrogens is 290 g/mol. The lowest BCUT2D eigenvalue weighted by Crippen LogP contribution is -2.51. The van der Waals surface area contributed by atoms with Gasteiger partial charge in [-0.25, -0.2) is 0 Å². The van der Waals surface area contributed by atoms with Gasteiger partial charge in [0.05, 0.1) is 6.54 Å². The van der Waals surface area contributed by atoms with Crippen LogP contribution >= 0.6 is 0 Å². The van der Waals surface area contributed by atoms with Gasteiger partial charge >= 0.3 is 0 Å². The molecule has 0 radical (unpaired) electrons. The Hall–Kier alpha value is -1.88. The van der Waals surface area contributed by atoms with Crippen molar-refractivity contribution in [2.24, 2.45) is 5.92 Å². The summed E-state index contributed by atoms with van der Waals surface area (Å²) in [5.41, 5.74) is 2.06. The Kier molecular flexibility index (Phi) is 6.16. The van der Waals surface area contributed by atoms with E-state index in [1.165, 1.54) is 5.56 Å². The zero-order chi connectivity index (χ0) is 16.8. The summed E-state index contributed by atoms with van der Waals surface area (Å²) in [5, 5.41) is 2.95. The molecule has 2 amide bonds. The molecule has 0 bridgehead atoms. The van der Waals surface area contributed by atoms with Crippen LogP contribution in [0.3, 0.4) is 0 Å². The highest BCUT2D eigenvalue weighted by atomic mass is 16.2. The smallest absolute Gasteiger partial charge is 0.238 e. The lowest BCUT2D eigenvalue weighted by Gasteiger charge is -2.35. The minimum atomic E-state index is 0.00175. The van der Waals surface area contributed by atoms with Gasteiger partial charge in [0.25, 0.3) is 0 Å². The Balaban J connectivity index is 1.79. The molecule has 0 atom stereocenters. The van der Waals surface area contributed by atoms with E-state index in [2.05, 4.69) is 23.2 Å². The number of nitrogens with zero attached hydrogens (tertiary/aromatic N) is 2. The van der Waals surface area contributed by atoms with Crippen molar-refractivity contribution in [1.29, 1.82) is 0 Å². The van der Waals surface area contributed by atoms with Gasteiger partial charge in [0.15, 0.2) is 0 Å². The zero-order valence-electron chi connectivity index (χ0n) is 14.3. The summed E-state index contributed by atoms with van der Waals surface area (Å²) in [6.07, 6.45) is 0.954. The molecule has 1 saturated heterocycles. The van der Waals surface area contributed by atoms with Crippen molar-refractivity contribution in [3.8, 4) is 0 Å². The minimum Gasteiger partial charge on any atom is -0.340 e. The number of carbonyl (C=O) groups is 2. The van der Waals surface area contributed by atoms with Crippen LogP contribution in [0.1, 0.15) is 26.3 Å². The van der Waals surface area contributed by atoms with E-state index in [0.717, 1.165) is 25.2 Å². The average molecular weight is 317 g/mol. The topological polar surface area (TPSA) is 52.7 Å². The van der Waals surface area contributed by atoms with Gasteiger partial charge in [0.1, 0.15) is 0 Å². The normalized spacial score (nSPS) is 15.7. The van der Waals surface area contributed by atoms with Gasteiger partial charge in [-0.05, 0) is 24.1 Å². The third-order valence-electron chi connectivity index (χ3n) is 4.16. The van der Waals surface area contributed by atoms with E-state index in [0.29, 0.717) is 19.6 Å². The lowest BCUT2D eigenvalue weighted by atomic mass is 10.1. The van der Waals surface area contributed by atoms with Gasteiger partial charge in [-0.3, -0.25) is 14.5 Å². The number of piperazine rings is 1. The molecule has 1 aromatic rings. The maximum atomic E-state index is 12.2. The molecule has 5 heteroatoms. The molecule has 0 unspecified atom stereocenters. The van der Waals surface area contributed by atoms with Crippen molar-refractivity contribution in [3.63, 3.8) is 0 Å². The van der Waals surface area contributed by atoms with Crippen LogP contribution in [-0.2, 0) is 16.0 Å². The van der Waals surface area contributed by atoms with E-state index in [9.17, 15) is 9.59 Å². The molecule has 1 aromatic carbocycles. The third kappa shape index (κ3) is 5.06. The van der Waals surface area contributed by atoms with E-state index >= 15 is 0 Å². The van der Waals surface area contributed by atoms with Crippen molar-refractivity contribution < 1.29 is 9.59 Å². The summed E-state index contributed by atoms with van der Waals surface area (Å²) in [5.74, 6) is 0.239. The molecular formula is C18H27N3O2. The maximum absolute atomic E-state index is 12.2. The van der Waals surface area contributed by atoms with Crippen LogP contribution in [0.4, 0.5) is 5.69 Å². The average Bonchev–Trinajstić information content (AvgIpc) is 2.54. The van der Waals surface area contributed by atoms with Gasteiger partial charge in [0.2, 0.25) is 11.8 Å². The Labute approximate surface area is 138 Å². The van der Waals surface area contributed by atoms with Crippen molar-refractivity contribution in [2.75, 3.05) is 38.0 Å². The first-order valence-corrected chi connectivity index (χ1v) is 8.39. The van der Waals surface area contributed by atoms with Crippen molar-refractivity contribution in [3.05, 3.63) is 29.8 Å². The van der Waals surface area contributed by atoms with Gasteiger partial charge < -0.3 is 10.2 Å². The molecule has 1 N–H and O–H groups in total. The monoisotopic (exact) mass is 317 g/mol. The highest BCUT2D eigenvalue weighted by Crippen LogP contribution is 2.12. The third-order valence-corrected chi connectivity index (χ3v) is 4.16.